The molecule has 0 fully saturated rings. The van der Waals surface area contributed by atoms with Crippen LogP contribution < -0.4 is 13.7 Å². The first-order chi connectivity index (χ1) is 21.5. The number of pyridine rings is 3. The predicted molar refractivity (Wildman–Crippen MR) is 175 cm³/mol. The fourth-order valence-electron chi connectivity index (χ4n) is 6.07. The van der Waals surface area contributed by atoms with Crippen LogP contribution in [0.2, 0.25) is 0 Å². The summed E-state index contributed by atoms with van der Waals surface area (Å²) in [6, 6.07) is 25.8. The molecule has 0 spiro atoms. The average Bonchev–Trinajstić information content (AvgIpc) is 3.85. The lowest BCUT2D eigenvalue weighted by Crippen LogP contribution is -2.25. The first-order valence-corrected chi connectivity index (χ1v) is 14.7. The van der Waals surface area contributed by atoms with E-state index in [1.807, 2.05) is 25.7 Å². The Labute approximate surface area is 254 Å². The third kappa shape index (κ3) is 4.46. The van der Waals surface area contributed by atoms with E-state index >= 15 is 0 Å². The lowest BCUT2D eigenvalue weighted by molar-refractivity contribution is -0.671. The molecule has 0 atom stereocenters. The zero-order chi connectivity index (χ0) is 29.8. The van der Waals surface area contributed by atoms with Gasteiger partial charge in [0.25, 0.3) is 0 Å². The molecule has 0 unspecified atom stereocenters. The van der Waals surface area contributed by atoms with E-state index in [2.05, 4.69) is 146 Å². The van der Waals surface area contributed by atoms with Crippen LogP contribution in [-0.2, 0) is 21.1 Å². The molecule has 0 aromatic carbocycles. The van der Waals surface area contributed by atoms with Gasteiger partial charge < -0.3 is 15.0 Å². The van der Waals surface area contributed by atoms with Crippen LogP contribution in [0.5, 0.6) is 0 Å². The van der Waals surface area contributed by atoms with E-state index in [1.54, 1.807) is 0 Å². The molecule has 3 N–H and O–H groups in total. The number of nitrogens with zero attached hydrogens (tertiary/aromatic N) is 4. The van der Waals surface area contributed by atoms with Crippen molar-refractivity contribution >= 4 is 45.3 Å². The molecule has 7 heteroatoms. The number of aromatic nitrogens is 7. The monoisotopic (exact) mass is 574 g/mol. The Kier molecular flexibility index (Phi) is 5.98. The Hall–Kier alpha value is -5.82. The van der Waals surface area contributed by atoms with Crippen LogP contribution in [0.15, 0.2) is 110 Å². The number of fused-ring (bicyclic) bond motifs is 9. The van der Waals surface area contributed by atoms with Crippen LogP contribution in [0, 0.1) is 0 Å². The van der Waals surface area contributed by atoms with E-state index in [1.165, 1.54) is 0 Å². The highest BCUT2D eigenvalue weighted by atomic mass is 14.9. The van der Waals surface area contributed by atoms with Gasteiger partial charge in [-0.25, -0.2) is 18.7 Å². The molecular weight excluding hydrogens is 542 g/mol. The normalized spacial score (nSPS) is 11.9. The zero-order valence-corrected chi connectivity index (χ0v) is 24.8. The van der Waals surface area contributed by atoms with Gasteiger partial charge in [-0.3, -0.25) is 0 Å². The number of hydrogen-bond donors (Lipinski definition) is 3. The molecule has 1 aliphatic heterocycles. The molecule has 8 bridgehead atoms. The van der Waals surface area contributed by atoms with Crippen LogP contribution in [0.1, 0.15) is 11.4 Å². The minimum atomic E-state index is 0.915. The van der Waals surface area contributed by atoms with E-state index in [0.29, 0.717) is 0 Å². The summed E-state index contributed by atoms with van der Waals surface area (Å²) in [7, 11) is 6.11. The van der Waals surface area contributed by atoms with E-state index in [9.17, 15) is 0 Å². The molecular formula is C37H32N7+3. The molecule has 7 aromatic heterocycles. The molecule has 0 amide bonds. The minimum absolute atomic E-state index is 0.915. The first-order valence-electron chi connectivity index (χ1n) is 14.7. The number of aromatic amines is 3. The van der Waals surface area contributed by atoms with Crippen molar-refractivity contribution in [2.45, 2.75) is 0 Å². The lowest BCUT2D eigenvalue weighted by Gasteiger charge is -2.04. The molecule has 1 aliphatic rings. The molecule has 7 nitrogen and oxygen atoms in total. The average molecular weight is 575 g/mol. The number of aryl methyl sites for hydroxylation is 3. The molecule has 0 saturated heterocycles. The molecule has 0 saturated carbocycles. The second-order valence-corrected chi connectivity index (χ2v) is 11.5. The van der Waals surface area contributed by atoms with Gasteiger partial charge in [-0.05, 0) is 65.2 Å². The van der Waals surface area contributed by atoms with Crippen molar-refractivity contribution < 1.29 is 13.7 Å². The quantitative estimate of drug-likeness (QED) is 0.217. The maximum absolute atomic E-state index is 5.30. The van der Waals surface area contributed by atoms with Gasteiger partial charge in [0.2, 0.25) is 0 Å². The van der Waals surface area contributed by atoms with Gasteiger partial charge in [0.05, 0.1) is 22.4 Å². The molecule has 7 aromatic rings. The van der Waals surface area contributed by atoms with Gasteiger partial charge >= 0.3 is 0 Å². The van der Waals surface area contributed by atoms with Crippen LogP contribution in [0.3, 0.4) is 0 Å². The third-order valence-electron chi connectivity index (χ3n) is 8.38. The molecule has 44 heavy (non-hydrogen) atoms. The number of H-pyrrole nitrogens is 3. The summed E-state index contributed by atoms with van der Waals surface area (Å²) in [6.07, 6.45) is 16.7. The summed E-state index contributed by atoms with van der Waals surface area (Å²) in [4.78, 5) is 16.5. The SMILES string of the molecule is C[n+]1ccc(-c2c3nc(c(-c4cc[n+](C)cc4)c4ccc([nH]4)c4ccc([nH]4)c(-c4cc[n+](C)cc4)c4ccc2[nH]4)C=C3)cc1. The summed E-state index contributed by atoms with van der Waals surface area (Å²) in [5, 5.41) is 0. The minimum Gasteiger partial charge on any atom is -0.354 e. The second-order valence-electron chi connectivity index (χ2n) is 11.5. The largest absolute Gasteiger partial charge is 0.354 e. The van der Waals surface area contributed by atoms with E-state index in [4.69, 9.17) is 4.98 Å². The third-order valence-corrected chi connectivity index (χ3v) is 8.38. The van der Waals surface area contributed by atoms with E-state index in [0.717, 1.165) is 77.9 Å². The maximum atomic E-state index is 5.30. The summed E-state index contributed by atoms with van der Waals surface area (Å²) < 4.78 is 6.15. The summed E-state index contributed by atoms with van der Waals surface area (Å²) >= 11 is 0. The lowest BCUT2D eigenvalue weighted by atomic mass is 10.0. The van der Waals surface area contributed by atoms with Crippen molar-refractivity contribution in [3.05, 3.63) is 121 Å². The topological polar surface area (TPSA) is 71.9 Å². The first kappa shape index (κ1) is 25.9. The molecule has 8 rings (SSSR count). The van der Waals surface area contributed by atoms with Crippen molar-refractivity contribution in [2.24, 2.45) is 21.1 Å². The Balaban J connectivity index is 1.55. The van der Waals surface area contributed by atoms with E-state index in [-0.39, 0.29) is 0 Å². The van der Waals surface area contributed by atoms with Gasteiger partial charge in [-0.15, -0.1) is 0 Å². The van der Waals surface area contributed by atoms with E-state index < -0.39 is 0 Å². The number of nitrogens with one attached hydrogen (secondary N) is 3. The Morgan fingerprint density at radius 2 is 0.682 bits per heavy atom. The van der Waals surface area contributed by atoms with Gasteiger partial charge in [0.1, 0.15) is 21.1 Å². The van der Waals surface area contributed by atoms with Crippen molar-refractivity contribution in [3.8, 4) is 33.4 Å². The van der Waals surface area contributed by atoms with Crippen LogP contribution >= 0.6 is 0 Å². The van der Waals surface area contributed by atoms with Gasteiger partial charge in [0.15, 0.2) is 37.2 Å². The smallest absolute Gasteiger partial charge is 0.169 e. The van der Waals surface area contributed by atoms with Crippen molar-refractivity contribution in [1.29, 1.82) is 0 Å². The van der Waals surface area contributed by atoms with Crippen LogP contribution in [0.25, 0.3) is 78.6 Å². The molecule has 0 aliphatic carbocycles. The van der Waals surface area contributed by atoms with Crippen molar-refractivity contribution in [1.82, 2.24) is 19.9 Å². The standard InChI is InChI=1S/C37H30N7/c1-42-18-12-24(13-19-42)35-29-6-4-27(38-29)28-5-7-30(39-28)36(25-14-20-43(2)21-15-25)32-9-11-34(41-32)37(33-10-8-31(35)40-33)26-16-22-44(3)23-17-26/h4-23H,1-3H3,(H,40,41)/q+1/p+2. The van der Waals surface area contributed by atoms with Gasteiger partial charge in [0, 0.05) is 75.2 Å². The second kappa shape index (κ2) is 10.2. The highest BCUT2D eigenvalue weighted by Crippen LogP contribution is 2.35. The molecule has 212 valence electrons. The van der Waals surface area contributed by atoms with Gasteiger partial charge in [-0.1, -0.05) is 0 Å². The summed E-state index contributed by atoms with van der Waals surface area (Å²) in [5.41, 5.74) is 14.5. The Bertz CT molecular complexity index is 2330. The van der Waals surface area contributed by atoms with Crippen LogP contribution in [0.4, 0.5) is 0 Å². The molecule has 8 heterocycles. The number of hydrogen-bond acceptors (Lipinski definition) is 1. The molecule has 0 radical (unpaired) electrons. The zero-order valence-electron chi connectivity index (χ0n) is 24.8. The van der Waals surface area contributed by atoms with Gasteiger partial charge in [-0.2, -0.15) is 0 Å². The Morgan fingerprint density at radius 3 is 1.07 bits per heavy atom. The predicted octanol–water partition coefficient (Wildman–Crippen LogP) is 6.17. The van der Waals surface area contributed by atoms with Crippen molar-refractivity contribution in [3.63, 3.8) is 0 Å². The summed E-state index contributed by atoms with van der Waals surface area (Å²) in [6.45, 7) is 0. The highest BCUT2D eigenvalue weighted by molar-refractivity contribution is 5.99. The van der Waals surface area contributed by atoms with Crippen molar-refractivity contribution in [2.75, 3.05) is 0 Å². The maximum Gasteiger partial charge on any atom is 0.169 e. The highest BCUT2D eigenvalue weighted by Gasteiger charge is 2.17. The summed E-state index contributed by atoms with van der Waals surface area (Å²) in [5.74, 6) is 0. The Morgan fingerprint density at radius 1 is 0.386 bits per heavy atom. The fourth-order valence-corrected chi connectivity index (χ4v) is 6.07. The number of rotatable bonds is 3. The van der Waals surface area contributed by atoms with Crippen LogP contribution in [-0.4, -0.2) is 19.9 Å². The fraction of sp³-hybridized carbons (Fsp3) is 0.0811.